The minimum absolute atomic E-state index is 0.0343. The number of rotatable bonds is 5. The van der Waals surface area contributed by atoms with E-state index in [4.69, 9.17) is 9.84 Å². The van der Waals surface area contributed by atoms with Gasteiger partial charge in [0.1, 0.15) is 23.9 Å². The first-order valence-electron chi connectivity index (χ1n) is 9.16. The number of pyridine rings is 1. The van der Waals surface area contributed by atoms with Gasteiger partial charge in [-0.1, -0.05) is 6.92 Å². The first-order chi connectivity index (χ1) is 13.5. The van der Waals surface area contributed by atoms with Crippen LogP contribution in [-0.4, -0.2) is 34.4 Å². The Kier molecular flexibility index (Phi) is 4.92. The van der Waals surface area contributed by atoms with Gasteiger partial charge in [0.15, 0.2) is 0 Å². The van der Waals surface area contributed by atoms with Crippen molar-refractivity contribution in [2.24, 2.45) is 5.92 Å². The van der Waals surface area contributed by atoms with Gasteiger partial charge in [0, 0.05) is 36.7 Å². The number of halogens is 1. The van der Waals surface area contributed by atoms with Gasteiger partial charge >= 0.3 is 0 Å². The van der Waals surface area contributed by atoms with Crippen LogP contribution in [0.25, 0.3) is 22.4 Å². The molecule has 0 aliphatic carbocycles. The normalized spacial score (nSPS) is 15.5. The molecule has 6 nitrogen and oxygen atoms in total. The van der Waals surface area contributed by atoms with Gasteiger partial charge in [-0.15, -0.1) is 0 Å². The molecule has 7 heteroatoms. The Balaban J connectivity index is 1.78. The van der Waals surface area contributed by atoms with Crippen LogP contribution >= 0.6 is 0 Å². The lowest BCUT2D eigenvalue weighted by Crippen LogP contribution is -2.17. The summed E-state index contributed by atoms with van der Waals surface area (Å²) in [6.07, 6.45) is 2.58. The van der Waals surface area contributed by atoms with Crippen LogP contribution in [0.2, 0.25) is 0 Å². The number of hydrogen-bond donors (Lipinski definition) is 1. The molecule has 3 aromatic rings. The third kappa shape index (κ3) is 3.53. The number of hydrogen-bond acceptors (Lipinski definition) is 4. The van der Waals surface area contributed by atoms with Crippen molar-refractivity contribution in [3.05, 3.63) is 54.1 Å². The van der Waals surface area contributed by atoms with E-state index in [2.05, 4.69) is 17.2 Å². The second-order valence-corrected chi connectivity index (χ2v) is 7.08. The predicted octanol–water partition coefficient (Wildman–Crippen LogP) is 3.53. The lowest BCUT2D eigenvalue weighted by molar-refractivity contribution is -0.119. The first kappa shape index (κ1) is 18.3. The first-order valence-corrected chi connectivity index (χ1v) is 9.16. The van der Waals surface area contributed by atoms with E-state index in [1.165, 1.54) is 19.2 Å². The van der Waals surface area contributed by atoms with Crippen LogP contribution in [0.3, 0.4) is 0 Å². The summed E-state index contributed by atoms with van der Waals surface area (Å²) >= 11 is 0. The lowest BCUT2D eigenvalue weighted by Gasteiger charge is -2.09. The minimum atomic E-state index is -0.280. The number of nitrogens with one attached hydrogen (secondary N) is 1. The number of nitrogens with zero attached hydrogens (tertiary/aromatic N) is 3. The minimum Gasteiger partial charge on any atom is -0.375 e. The number of anilines is 1. The van der Waals surface area contributed by atoms with E-state index in [-0.39, 0.29) is 18.3 Å². The molecule has 0 bridgehead atoms. The van der Waals surface area contributed by atoms with Crippen LogP contribution in [0.15, 0.2) is 42.6 Å². The highest BCUT2D eigenvalue weighted by molar-refractivity contribution is 5.92. The Morgan fingerprint density at radius 1 is 1.29 bits per heavy atom. The zero-order valence-corrected chi connectivity index (χ0v) is 15.8. The summed E-state index contributed by atoms with van der Waals surface area (Å²) < 4.78 is 20.3. The molecule has 144 valence electrons. The van der Waals surface area contributed by atoms with E-state index < -0.39 is 0 Å². The summed E-state index contributed by atoms with van der Waals surface area (Å²) in [5, 5.41) is 7.54. The molecule has 3 heterocycles. The van der Waals surface area contributed by atoms with E-state index in [9.17, 15) is 9.18 Å². The van der Waals surface area contributed by atoms with E-state index in [1.807, 2.05) is 16.8 Å². The summed E-state index contributed by atoms with van der Waals surface area (Å²) in [4.78, 5) is 16.1. The summed E-state index contributed by atoms with van der Waals surface area (Å²) in [6, 6.07) is 10.1. The molecule has 1 aromatic carbocycles. The molecule has 28 heavy (non-hydrogen) atoms. The number of carbonyl (C=O) groups is 1. The maximum Gasteiger partial charge on any atom is 0.251 e. The standard InChI is InChI=1S/C21H21FN4O2/c1-13-9-17-20(15-7-8-23-18(10-15)24-19(27)12-28-2)21(25-26(17)11-13)14-3-5-16(22)6-4-14/h3-8,10,13H,9,11-12H2,1-2H3,(H,23,24,27). The largest absolute Gasteiger partial charge is 0.375 e. The second-order valence-electron chi connectivity index (χ2n) is 7.08. The van der Waals surface area contributed by atoms with Crippen molar-refractivity contribution in [2.45, 2.75) is 19.9 Å². The molecule has 0 radical (unpaired) electrons. The Bertz CT molecular complexity index is 1010. The van der Waals surface area contributed by atoms with Crippen LogP contribution in [0.5, 0.6) is 0 Å². The van der Waals surface area contributed by atoms with Crippen molar-refractivity contribution in [3.63, 3.8) is 0 Å². The zero-order chi connectivity index (χ0) is 19.7. The van der Waals surface area contributed by atoms with Crippen molar-refractivity contribution >= 4 is 11.7 Å². The molecular formula is C21H21FN4O2. The monoisotopic (exact) mass is 380 g/mol. The molecule has 2 aromatic heterocycles. The van der Waals surface area contributed by atoms with Gasteiger partial charge in [-0.2, -0.15) is 5.10 Å². The smallest absolute Gasteiger partial charge is 0.251 e. The van der Waals surface area contributed by atoms with Gasteiger partial charge in [0.25, 0.3) is 5.91 Å². The third-order valence-corrected chi connectivity index (χ3v) is 4.79. The fourth-order valence-electron chi connectivity index (χ4n) is 3.62. The van der Waals surface area contributed by atoms with Gasteiger partial charge in [-0.25, -0.2) is 9.37 Å². The fourth-order valence-corrected chi connectivity index (χ4v) is 3.62. The SMILES string of the molecule is COCC(=O)Nc1cc(-c2c(-c3ccc(F)cc3)nn3c2CC(C)C3)ccn1. The average Bonchev–Trinajstić information content (AvgIpc) is 3.18. The van der Waals surface area contributed by atoms with Crippen LogP contribution < -0.4 is 5.32 Å². The summed E-state index contributed by atoms with van der Waals surface area (Å²) in [5.74, 6) is 0.416. The molecule has 0 saturated carbocycles. The molecule has 0 spiro atoms. The topological polar surface area (TPSA) is 69.0 Å². The number of ether oxygens (including phenoxy) is 1. The van der Waals surface area contributed by atoms with Crippen LogP contribution in [0.1, 0.15) is 12.6 Å². The highest BCUT2D eigenvalue weighted by Crippen LogP contribution is 2.39. The van der Waals surface area contributed by atoms with E-state index in [1.54, 1.807) is 18.3 Å². The molecule has 0 fully saturated rings. The van der Waals surface area contributed by atoms with Crippen LogP contribution in [0, 0.1) is 11.7 Å². The highest BCUT2D eigenvalue weighted by atomic mass is 19.1. The fraction of sp³-hybridized carbons (Fsp3) is 0.286. The zero-order valence-electron chi connectivity index (χ0n) is 15.8. The molecule has 1 N–H and O–H groups in total. The molecular weight excluding hydrogens is 359 g/mol. The number of aromatic nitrogens is 3. The van der Waals surface area contributed by atoms with Crippen molar-refractivity contribution in [3.8, 4) is 22.4 Å². The number of carbonyl (C=O) groups excluding carboxylic acids is 1. The maximum atomic E-state index is 13.4. The van der Waals surface area contributed by atoms with Crippen molar-refractivity contribution in [1.29, 1.82) is 0 Å². The molecule has 1 unspecified atom stereocenters. The highest BCUT2D eigenvalue weighted by Gasteiger charge is 2.27. The van der Waals surface area contributed by atoms with Gasteiger partial charge < -0.3 is 10.1 Å². The van der Waals surface area contributed by atoms with E-state index >= 15 is 0 Å². The van der Waals surface area contributed by atoms with Crippen LogP contribution in [0.4, 0.5) is 10.2 Å². The van der Waals surface area contributed by atoms with E-state index in [0.29, 0.717) is 11.7 Å². The van der Waals surface area contributed by atoms with Gasteiger partial charge in [-0.3, -0.25) is 9.48 Å². The Labute approximate surface area is 162 Å². The van der Waals surface area contributed by atoms with E-state index in [0.717, 1.165) is 41.0 Å². The summed E-state index contributed by atoms with van der Waals surface area (Å²) in [7, 11) is 1.47. The Morgan fingerprint density at radius 3 is 2.82 bits per heavy atom. The molecule has 1 atom stereocenters. The van der Waals surface area contributed by atoms with Gasteiger partial charge in [-0.05, 0) is 54.3 Å². The predicted molar refractivity (Wildman–Crippen MR) is 104 cm³/mol. The number of fused-ring (bicyclic) bond motifs is 1. The summed E-state index contributed by atoms with van der Waals surface area (Å²) in [6.45, 7) is 3.01. The number of methoxy groups -OCH3 is 1. The lowest BCUT2D eigenvalue weighted by atomic mass is 9.97. The molecule has 1 aliphatic rings. The third-order valence-electron chi connectivity index (χ3n) is 4.79. The van der Waals surface area contributed by atoms with Crippen LogP contribution in [-0.2, 0) is 22.5 Å². The number of benzene rings is 1. The molecule has 1 aliphatic heterocycles. The maximum absolute atomic E-state index is 13.4. The Morgan fingerprint density at radius 2 is 2.07 bits per heavy atom. The summed E-state index contributed by atoms with van der Waals surface area (Å²) in [5.41, 5.74) is 4.72. The quantitative estimate of drug-likeness (QED) is 0.735. The number of amides is 1. The molecule has 0 saturated heterocycles. The molecule has 1 amide bonds. The molecule has 4 rings (SSSR count). The van der Waals surface area contributed by atoms with Crippen molar-refractivity contribution in [2.75, 3.05) is 19.0 Å². The average molecular weight is 380 g/mol. The van der Waals surface area contributed by atoms with Gasteiger partial charge in [0.05, 0.1) is 0 Å². The Hall–Kier alpha value is -3.06. The second kappa shape index (κ2) is 7.52. The van der Waals surface area contributed by atoms with Crippen molar-refractivity contribution < 1.29 is 13.9 Å². The van der Waals surface area contributed by atoms with Crippen molar-refractivity contribution in [1.82, 2.24) is 14.8 Å². The van der Waals surface area contributed by atoms with Gasteiger partial charge in [0.2, 0.25) is 0 Å².